The lowest BCUT2D eigenvalue weighted by Gasteiger charge is -2.17. The van der Waals surface area contributed by atoms with Gasteiger partial charge in [0.05, 0.1) is 10.2 Å². The fraction of sp³-hybridized carbons (Fsp3) is 0.214. The zero-order valence-electron chi connectivity index (χ0n) is 9.63. The zero-order valence-corrected chi connectivity index (χ0v) is 10.4. The highest BCUT2D eigenvalue weighted by molar-refractivity contribution is 7.19. The number of allylic oxidation sites excluding steroid dienone is 2. The molecule has 1 aromatic carbocycles. The van der Waals surface area contributed by atoms with Crippen LogP contribution in [0.25, 0.3) is 15.8 Å². The van der Waals surface area contributed by atoms with Crippen LogP contribution in [0.15, 0.2) is 42.5 Å². The van der Waals surface area contributed by atoms with E-state index in [9.17, 15) is 0 Å². The smallest absolute Gasteiger partial charge is 0.124 e. The van der Waals surface area contributed by atoms with Gasteiger partial charge < -0.3 is 5.73 Å². The van der Waals surface area contributed by atoms with Crippen molar-refractivity contribution in [1.82, 2.24) is 4.98 Å². The number of rotatable bonds is 1. The standard InChI is InChI=1S/C14H14N2S/c1-9-8-10(6-7-11(9)15)14-16-12-4-2-3-5-13(12)17-14/h2-9,11H,15H2,1H3. The minimum atomic E-state index is 0.133. The molecule has 2 nitrogen and oxygen atoms in total. The average Bonchev–Trinajstić information content (AvgIpc) is 2.76. The Kier molecular flexibility index (Phi) is 2.57. The van der Waals surface area contributed by atoms with E-state index >= 15 is 0 Å². The third-order valence-electron chi connectivity index (χ3n) is 3.09. The molecule has 86 valence electrons. The summed E-state index contributed by atoms with van der Waals surface area (Å²) in [6.07, 6.45) is 6.36. The van der Waals surface area contributed by atoms with E-state index in [0.29, 0.717) is 5.92 Å². The monoisotopic (exact) mass is 242 g/mol. The Morgan fingerprint density at radius 3 is 2.88 bits per heavy atom. The molecule has 1 aliphatic rings. The maximum atomic E-state index is 5.95. The van der Waals surface area contributed by atoms with E-state index in [1.54, 1.807) is 11.3 Å². The maximum absolute atomic E-state index is 5.95. The lowest BCUT2D eigenvalue weighted by molar-refractivity contribution is 0.627. The van der Waals surface area contributed by atoms with E-state index in [2.05, 4.69) is 42.3 Å². The number of aromatic nitrogens is 1. The first-order valence-electron chi connectivity index (χ1n) is 5.75. The van der Waals surface area contributed by atoms with E-state index in [1.807, 2.05) is 12.1 Å². The van der Waals surface area contributed by atoms with Crippen LogP contribution in [-0.2, 0) is 0 Å². The largest absolute Gasteiger partial charge is 0.324 e. The number of hydrogen-bond acceptors (Lipinski definition) is 3. The number of para-hydroxylation sites is 1. The summed E-state index contributed by atoms with van der Waals surface area (Å²) in [5, 5.41) is 1.08. The Morgan fingerprint density at radius 2 is 2.12 bits per heavy atom. The quantitative estimate of drug-likeness (QED) is 0.834. The Morgan fingerprint density at radius 1 is 1.29 bits per heavy atom. The highest BCUT2D eigenvalue weighted by Crippen LogP contribution is 2.30. The molecule has 2 N–H and O–H groups in total. The Balaban J connectivity index is 2.05. The fourth-order valence-corrected chi connectivity index (χ4v) is 2.95. The summed E-state index contributed by atoms with van der Waals surface area (Å²) >= 11 is 1.74. The van der Waals surface area contributed by atoms with Crippen LogP contribution in [0.1, 0.15) is 11.9 Å². The molecule has 2 aromatic rings. The van der Waals surface area contributed by atoms with Gasteiger partial charge in [-0.3, -0.25) is 0 Å². The van der Waals surface area contributed by atoms with Crippen molar-refractivity contribution in [3.63, 3.8) is 0 Å². The summed E-state index contributed by atoms with van der Waals surface area (Å²) in [6, 6.07) is 8.37. The molecule has 0 aliphatic heterocycles. The molecule has 0 amide bonds. The molecule has 1 aliphatic carbocycles. The van der Waals surface area contributed by atoms with Crippen molar-refractivity contribution >= 4 is 27.1 Å². The minimum Gasteiger partial charge on any atom is -0.324 e. The minimum absolute atomic E-state index is 0.133. The van der Waals surface area contributed by atoms with Gasteiger partial charge in [-0.25, -0.2) is 4.98 Å². The van der Waals surface area contributed by atoms with Crippen LogP contribution in [0, 0.1) is 5.92 Å². The molecule has 0 spiro atoms. The molecule has 3 rings (SSSR count). The number of benzene rings is 1. The SMILES string of the molecule is CC1C=C(c2nc3ccccc3s2)C=CC1N. The summed E-state index contributed by atoms with van der Waals surface area (Å²) < 4.78 is 1.24. The third-order valence-corrected chi connectivity index (χ3v) is 4.17. The first-order valence-corrected chi connectivity index (χ1v) is 6.57. The van der Waals surface area contributed by atoms with Crippen LogP contribution in [0.3, 0.4) is 0 Å². The van der Waals surface area contributed by atoms with Gasteiger partial charge in [0.1, 0.15) is 5.01 Å². The topological polar surface area (TPSA) is 38.9 Å². The predicted octanol–water partition coefficient (Wildman–Crippen LogP) is 3.21. The highest BCUT2D eigenvalue weighted by Gasteiger charge is 2.15. The van der Waals surface area contributed by atoms with Gasteiger partial charge in [-0.1, -0.05) is 37.3 Å². The molecule has 0 fully saturated rings. The van der Waals surface area contributed by atoms with Gasteiger partial charge in [0.2, 0.25) is 0 Å². The Bertz CT molecular complexity index is 576. The van der Waals surface area contributed by atoms with E-state index in [-0.39, 0.29) is 6.04 Å². The van der Waals surface area contributed by atoms with Crippen molar-refractivity contribution in [3.8, 4) is 0 Å². The first kappa shape index (κ1) is 10.7. The number of fused-ring (bicyclic) bond motifs is 1. The number of nitrogens with zero attached hydrogens (tertiary/aromatic N) is 1. The molecule has 0 bridgehead atoms. The molecule has 0 saturated heterocycles. The van der Waals surface area contributed by atoms with Gasteiger partial charge in [-0.15, -0.1) is 11.3 Å². The second kappa shape index (κ2) is 4.09. The highest BCUT2D eigenvalue weighted by atomic mass is 32.1. The van der Waals surface area contributed by atoms with Gasteiger partial charge in [-0.2, -0.15) is 0 Å². The molecule has 1 aromatic heterocycles. The van der Waals surface area contributed by atoms with Crippen molar-refractivity contribution in [1.29, 1.82) is 0 Å². The summed E-state index contributed by atoms with van der Waals surface area (Å²) in [4.78, 5) is 4.65. The molecule has 0 radical (unpaired) electrons. The van der Waals surface area contributed by atoms with Crippen molar-refractivity contribution in [2.75, 3.05) is 0 Å². The molecule has 3 heteroatoms. The molecule has 2 atom stereocenters. The van der Waals surface area contributed by atoms with E-state index < -0.39 is 0 Å². The fourth-order valence-electron chi connectivity index (χ4n) is 1.98. The second-order valence-corrected chi connectivity index (χ2v) is 5.43. The Hall–Kier alpha value is -1.45. The van der Waals surface area contributed by atoms with Crippen LogP contribution in [0.2, 0.25) is 0 Å². The van der Waals surface area contributed by atoms with E-state index in [0.717, 1.165) is 10.5 Å². The second-order valence-electron chi connectivity index (χ2n) is 4.40. The lowest BCUT2D eigenvalue weighted by Crippen LogP contribution is -2.26. The molecule has 17 heavy (non-hydrogen) atoms. The molecular weight excluding hydrogens is 228 g/mol. The summed E-state index contributed by atoms with van der Waals surface area (Å²) in [7, 11) is 0. The van der Waals surface area contributed by atoms with Crippen LogP contribution in [0.4, 0.5) is 0 Å². The van der Waals surface area contributed by atoms with Gasteiger partial charge in [-0.05, 0) is 18.1 Å². The van der Waals surface area contributed by atoms with Gasteiger partial charge in [0.15, 0.2) is 0 Å². The van der Waals surface area contributed by atoms with Gasteiger partial charge in [0, 0.05) is 11.6 Å². The van der Waals surface area contributed by atoms with Crippen molar-refractivity contribution in [2.24, 2.45) is 11.7 Å². The predicted molar refractivity (Wildman–Crippen MR) is 73.9 cm³/mol. The zero-order chi connectivity index (χ0) is 11.8. The molecule has 1 heterocycles. The van der Waals surface area contributed by atoms with Crippen molar-refractivity contribution in [2.45, 2.75) is 13.0 Å². The Labute approximate surface area is 104 Å². The maximum Gasteiger partial charge on any atom is 0.124 e. The molecule has 2 unspecified atom stereocenters. The number of hydrogen-bond donors (Lipinski definition) is 1. The van der Waals surface area contributed by atoms with E-state index in [1.165, 1.54) is 10.3 Å². The van der Waals surface area contributed by atoms with Crippen LogP contribution >= 0.6 is 11.3 Å². The summed E-state index contributed by atoms with van der Waals surface area (Å²) in [5.41, 5.74) is 8.21. The summed E-state index contributed by atoms with van der Waals surface area (Å²) in [5.74, 6) is 0.377. The van der Waals surface area contributed by atoms with Gasteiger partial charge >= 0.3 is 0 Å². The molecule has 0 saturated carbocycles. The van der Waals surface area contributed by atoms with Crippen LogP contribution in [0.5, 0.6) is 0 Å². The first-order chi connectivity index (χ1) is 8.24. The summed E-state index contributed by atoms with van der Waals surface area (Å²) in [6.45, 7) is 2.14. The third kappa shape index (κ3) is 1.92. The van der Waals surface area contributed by atoms with E-state index in [4.69, 9.17) is 5.73 Å². The molecular formula is C14H14N2S. The van der Waals surface area contributed by atoms with Gasteiger partial charge in [0.25, 0.3) is 0 Å². The van der Waals surface area contributed by atoms with Crippen molar-refractivity contribution < 1.29 is 0 Å². The number of thiazole rings is 1. The number of nitrogens with two attached hydrogens (primary N) is 1. The average molecular weight is 242 g/mol. The van der Waals surface area contributed by atoms with Crippen LogP contribution in [-0.4, -0.2) is 11.0 Å². The van der Waals surface area contributed by atoms with Crippen molar-refractivity contribution in [3.05, 3.63) is 47.5 Å². The normalized spacial score (nSPS) is 24.0. The van der Waals surface area contributed by atoms with Crippen LogP contribution < -0.4 is 5.73 Å². The lowest BCUT2D eigenvalue weighted by atomic mass is 9.94.